The van der Waals surface area contributed by atoms with Crippen LogP contribution < -0.4 is 4.90 Å². The number of rotatable bonds is 4. The number of hydrogen-bond donors (Lipinski definition) is 0. The number of amides is 1. The molecule has 0 unspecified atom stereocenters. The zero-order valence-corrected chi connectivity index (χ0v) is 17.3. The summed E-state index contributed by atoms with van der Waals surface area (Å²) in [4.78, 5) is 41.8. The summed E-state index contributed by atoms with van der Waals surface area (Å²) in [5.41, 5.74) is 0.988. The number of ether oxygens (including phenoxy) is 2. The molecule has 1 aromatic carbocycles. The Bertz CT molecular complexity index is 908. The summed E-state index contributed by atoms with van der Waals surface area (Å²) in [5, 5.41) is 0. The van der Waals surface area contributed by atoms with Gasteiger partial charge >= 0.3 is 11.9 Å². The van der Waals surface area contributed by atoms with Crippen LogP contribution in [-0.2, 0) is 19.1 Å². The second-order valence-corrected chi connectivity index (χ2v) is 7.04. The minimum atomic E-state index is -0.705. The summed E-state index contributed by atoms with van der Waals surface area (Å²) < 4.78 is 9.80. The molecular weight excluding hydrogens is 384 g/mol. The predicted octanol–water partition coefficient (Wildman–Crippen LogP) is 3.19. The fourth-order valence-electron chi connectivity index (χ4n) is 3.66. The molecule has 1 amide bonds. The molecule has 2 heterocycles. The van der Waals surface area contributed by atoms with E-state index in [1.807, 2.05) is 4.90 Å². The van der Waals surface area contributed by atoms with Crippen LogP contribution in [0.5, 0.6) is 0 Å². The standard InChI is InChI=1S/C23H26N2O5/c1-29-22(27)18-12-7-10-16-25(20(18)23(28)30-2)19-13-6-5-11-17(19)21(26)24-14-8-3-4-9-15-24/h5-7,10-13,16H,3-4,8-9,14-15H2,1-2H3. The second-order valence-electron chi connectivity index (χ2n) is 7.04. The minimum Gasteiger partial charge on any atom is -0.465 e. The number of allylic oxidation sites excluding steroid dienone is 2. The number of benzene rings is 1. The lowest BCUT2D eigenvalue weighted by molar-refractivity contribution is -0.139. The Labute approximate surface area is 176 Å². The molecular formula is C23H26N2O5. The molecule has 0 atom stereocenters. The number of esters is 2. The van der Waals surface area contributed by atoms with Gasteiger partial charge < -0.3 is 19.3 Å². The van der Waals surface area contributed by atoms with E-state index in [1.54, 1.807) is 42.6 Å². The number of hydrogen-bond acceptors (Lipinski definition) is 6. The van der Waals surface area contributed by atoms with E-state index in [1.165, 1.54) is 25.2 Å². The second kappa shape index (κ2) is 9.91. The molecule has 0 aromatic heterocycles. The SMILES string of the molecule is COC(=O)C1=C(C(=O)OC)N(c2ccccc2C(=O)N2CCCCCC2)C=CC=C1. The molecule has 0 aliphatic carbocycles. The summed E-state index contributed by atoms with van der Waals surface area (Å²) in [6.07, 6.45) is 10.6. The van der Waals surface area contributed by atoms with Crippen molar-refractivity contribution in [3.63, 3.8) is 0 Å². The topological polar surface area (TPSA) is 76.2 Å². The van der Waals surface area contributed by atoms with Gasteiger partial charge in [0.05, 0.1) is 31.0 Å². The molecule has 0 saturated carbocycles. The number of likely N-dealkylation sites (tertiary alicyclic amines) is 1. The van der Waals surface area contributed by atoms with E-state index >= 15 is 0 Å². The van der Waals surface area contributed by atoms with Gasteiger partial charge in [-0.3, -0.25) is 4.79 Å². The fraction of sp³-hybridized carbons (Fsp3) is 0.348. The first-order valence-corrected chi connectivity index (χ1v) is 10.0. The van der Waals surface area contributed by atoms with Crippen LogP contribution in [0.15, 0.2) is 60.0 Å². The highest BCUT2D eigenvalue weighted by Crippen LogP contribution is 2.30. The Hall–Kier alpha value is -3.35. The Kier molecular flexibility index (Phi) is 7.06. The molecule has 30 heavy (non-hydrogen) atoms. The van der Waals surface area contributed by atoms with Crippen LogP contribution in [0.4, 0.5) is 5.69 Å². The summed E-state index contributed by atoms with van der Waals surface area (Å²) in [6, 6.07) is 7.06. The van der Waals surface area contributed by atoms with Crippen molar-refractivity contribution in [1.82, 2.24) is 4.90 Å². The Balaban J connectivity index is 2.10. The first-order chi connectivity index (χ1) is 14.6. The molecule has 0 radical (unpaired) electrons. The third-order valence-corrected chi connectivity index (χ3v) is 5.18. The van der Waals surface area contributed by atoms with Gasteiger partial charge in [-0.2, -0.15) is 0 Å². The normalized spacial score (nSPS) is 16.7. The maximum absolute atomic E-state index is 13.4. The molecule has 7 heteroatoms. The van der Waals surface area contributed by atoms with Crippen LogP contribution >= 0.6 is 0 Å². The first-order valence-electron chi connectivity index (χ1n) is 10.0. The average Bonchev–Trinajstić information content (AvgIpc) is 3.19. The molecule has 2 aliphatic rings. The van der Waals surface area contributed by atoms with Crippen LogP contribution in [0.25, 0.3) is 0 Å². The zero-order valence-electron chi connectivity index (χ0n) is 17.3. The van der Waals surface area contributed by atoms with Crippen molar-refractivity contribution >= 4 is 23.5 Å². The molecule has 0 bridgehead atoms. The highest BCUT2D eigenvalue weighted by atomic mass is 16.5. The van der Waals surface area contributed by atoms with Crippen molar-refractivity contribution in [1.29, 1.82) is 0 Å². The number of anilines is 1. The lowest BCUT2D eigenvalue weighted by Crippen LogP contribution is -2.34. The predicted molar refractivity (Wildman–Crippen MR) is 113 cm³/mol. The van der Waals surface area contributed by atoms with Crippen LogP contribution in [0.1, 0.15) is 36.0 Å². The van der Waals surface area contributed by atoms with E-state index in [2.05, 4.69) is 0 Å². The number of carbonyl (C=O) groups is 3. The van der Waals surface area contributed by atoms with E-state index in [-0.39, 0.29) is 17.2 Å². The van der Waals surface area contributed by atoms with E-state index in [0.29, 0.717) is 24.3 Å². The van der Waals surface area contributed by atoms with Crippen molar-refractivity contribution in [2.75, 3.05) is 32.2 Å². The van der Waals surface area contributed by atoms with Gasteiger partial charge in [0.1, 0.15) is 5.70 Å². The van der Waals surface area contributed by atoms with Gasteiger partial charge in [-0.15, -0.1) is 0 Å². The summed E-state index contributed by atoms with van der Waals surface area (Å²) >= 11 is 0. The Morgan fingerprint density at radius 3 is 2.20 bits per heavy atom. The molecule has 1 saturated heterocycles. The number of para-hydroxylation sites is 1. The summed E-state index contributed by atoms with van der Waals surface area (Å²) in [7, 11) is 2.49. The molecule has 3 rings (SSSR count). The van der Waals surface area contributed by atoms with Crippen molar-refractivity contribution in [3.8, 4) is 0 Å². The smallest absolute Gasteiger partial charge is 0.355 e. The molecule has 0 N–H and O–H groups in total. The van der Waals surface area contributed by atoms with Crippen molar-refractivity contribution in [3.05, 3.63) is 65.5 Å². The average molecular weight is 410 g/mol. The monoisotopic (exact) mass is 410 g/mol. The maximum Gasteiger partial charge on any atom is 0.355 e. The highest BCUT2D eigenvalue weighted by Gasteiger charge is 2.30. The lowest BCUT2D eigenvalue weighted by Gasteiger charge is -2.27. The van der Waals surface area contributed by atoms with Crippen LogP contribution in [0.2, 0.25) is 0 Å². The molecule has 1 fully saturated rings. The minimum absolute atomic E-state index is 0.00883. The largest absolute Gasteiger partial charge is 0.465 e. The fourth-order valence-corrected chi connectivity index (χ4v) is 3.66. The first kappa shape index (κ1) is 21.4. The zero-order chi connectivity index (χ0) is 21.5. The number of methoxy groups -OCH3 is 2. The Morgan fingerprint density at radius 1 is 0.867 bits per heavy atom. The van der Waals surface area contributed by atoms with E-state index in [4.69, 9.17) is 9.47 Å². The van der Waals surface area contributed by atoms with Crippen molar-refractivity contribution in [2.45, 2.75) is 25.7 Å². The molecule has 0 spiro atoms. The van der Waals surface area contributed by atoms with Crippen molar-refractivity contribution in [2.24, 2.45) is 0 Å². The van der Waals surface area contributed by atoms with Crippen LogP contribution in [0, 0.1) is 0 Å². The van der Waals surface area contributed by atoms with Gasteiger partial charge in [0.25, 0.3) is 5.91 Å². The number of carbonyl (C=O) groups excluding carboxylic acids is 3. The van der Waals surface area contributed by atoms with Crippen LogP contribution in [-0.4, -0.2) is 50.1 Å². The van der Waals surface area contributed by atoms with Gasteiger partial charge in [-0.25, -0.2) is 9.59 Å². The summed E-state index contributed by atoms with van der Waals surface area (Å²) in [5.74, 6) is -1.47. The summed E-state index contributed by atoms with van der Waals surface area (Å²) in [6.45, 7) is 1.41. The highest BCUT2D eigenvalue weighted by molar-refractivity contribution is 6.07. The third kappa shape index (κ3) is 4.45. The molecule has 158 valence electrons. The molecule has 1 aromatic rings. The number of nitrogens with zero attached hydrogens (tertiary/aromatic N) is 2. The van der Waals surface area contributed by atoms with Gasteiger partial charge in [0.15, 0.2) is 0 Å². The molecule has 2 aliphatic heterocycles. The van der Waals surface area contributed by atoms with Crippen LogP contribution in [0.3, 0.4) is 0 Å². The third-order valence-electron chi connectivity index (χ3n) is 5.18. The molecule has 7 nitrogen and oxygen atoms in total. The van der Waals surface area contributed by atoms with Gasteiger partial charge in [-0.05, 0) is 37.1 Å². The lowest BCUT2D eigenvalue weighted by atomic mass is 10.1. The van der Waals surface area contributed by atoms with Gasteiger partial charge in [0.2, 0.25) is 0 Å². The van der Waals surface area contributed by atoms with Gasteiger partial charge in [0, 0.05) is 19.3 Å². The van der Waals surface area contributed by atoms with Gasteiger partial charge in [-0.1, -0.05) is 31.1 Å². The van der Waals surface area contributed by atoms with E-state index < -0.39 is 11.9 Å². The quantitative estimate of drug-likeness (QED) is 0.710. The Morgan fingerprint density at radius 2 is 1.53 bits per heavy atom. The maximum atomic E-state index is 13.4. The van der Waals surface area contributed by atoms with E-state index in [0.717, 1.165) is 25.7 Å². The van der Waals surface area contributed by atoms with E-state index in [9.17, 15) is 14.4 Å². The van der Waals surface area contributed by atoms with Crippen molar-refractivity contribution < 1.29 is 23.9 Å².